The van der Waals surface area contributed by atoms with Gasteiger partial charge in [0.2, 0.25) is 0 Å². The lowest BCUT2D eigenvalue weighted by Gasteiger charge is -2.47. The van der Waals surface area contributed by atoms with E-state index in [9.17, 15) is 4.79 Å². The van der Waals surface area contributed by atoms with Crippen LogP contribution in [0.3, 0.4) is 0 Å². The molecule has 380 valence electrons. The maximum Gasteiger partial charge on any atom is 0.331 e. The van der Waals surface area contributed by atoms with Gasteiger partial charge in [-0.15, -0.1) is 18.9 Å². The van der Waals surface area contributed by atoms with Crippen molar-refractivity contribution in [1.29, 1.82) is 0 Å². The first-order valence-corrected chi connectivity index (χ1v) is 36.8. The van der Waals surface area contributed by atoms with E-state index in [1.807, 2.05) is 26.0 Å². The smallest absolute Gasteiger partial charge is 0.331 e. The number of esters is 1. The second kappa shape index (κ2) is 30.9. The van der Waals surface area contributed by atoms with Crippen LogP contribution < -0.4 is 0 Å². The Morgan fingerprint density at radius 1 is 0.682 bits per heavy atom. The Hall–Kier alpha value is -1.60. The predicted molar refractivity (Wildman–Crippen MR) is 294 cm³/mol. The second-order valence-electron chi connectivity index (χ2n) is 19.6. The molecular formula is C55H102O7Si4. The van der Waals surface area contributed by atoms with Crippen molar-refractivity contribution in [3.05, 3.63) is 60.8 Å². The number of carbonyl (C=O) groups excluding carboxylic acids is 1. The normalized spacial score (nSPS) is 19.3. The molecule has 0 bridgehead atoms. The highest BCUT2D eigenvalue weighted by atomic mass is 28.4. The fourth-order valence-corrected chi connectivity index (χ4v) is 21.3. The van der Waals surface area contributed by atoms with E-state index in [0.29, 0.717) is 25.2 Å². The van der Waals surface area contributed by atoms with Crippen molar-refractivity contribution in [1.82, 2.24) is 0 Å². The number of carbonyl (C=O) groups is 1. The summed E-state index contributed by atoms with van der Waals surface area (Å²) in [5, 5.41) is 0. The topological polar surface area (TPSA) is 75.8 Å². The Bertz CT molecular complexity index is 1520. The van der Waals surface area contributed by atoms with Crippen molar-refractivity contribution in [3.63, 3.8) is 0 Å². The lowest BCUT2D eigenvalue weighted by molar-refractivity contribution is -0.146. The van der Waals surface area contributed by atoms with Gasteiger partial charge in [0.15, 0.2) is 33.3 Å². The third-order valence-corrected chi connectivity index (χ3v) is 34.5. The van der Waals surface area contributed by atoms with Crippen LogP contribution in [0, 0.1) is 24.2 Å². The highest BCUT2D eigenvalue weighted by Crippen LogP contribution is 2.41. The summed E-state index contributed by atoms with van der Waals surface area (Å²) in [7, 11) is -8.85. The maximum atomic E-state index is 13.5. The molecule has 0 aromatic heterocycles. The van der Waals surface area contributed by atoms with Gasteiger partial charge >= 0.3 is 5.97 Å². The maximum absolute atomic E-state index is 13.5. The van der Waals surface area contributed by atoms with E-state index >= 15 is 0 Å². The van der Waals surface area contributed by atoms with Crippen LogP contribution in [0.5, 0.6) is 0 Å². The van der Waals surface area contributed by atoms with Crippen molar-refractivity contribution in [3.8, 4) is 12.3 Å². The van der Waals surface area contributed by atoms with Crippen LogP contribution in [0.4, 0.5) is 0 Å². The predicted octanol–water partition coefficient (Wildman–Crippen LogP) is 15.9. The summed E-state index contributed by atoms with van der Waals surface area (Å²) in [6.45, 7) is 50.1. The number of epoxide rings is 1. The molecule has 0 aliphatic carbocycles. The standard InChI is InChI=1S/C55H102O7Si4/c1-21-37-44(17)50(55-51(58-55)45(18)38-22-2)57-49(56)42-43(16)40-36-41-46(19)52(60-64(27-7,28-8)29-9)54(62-66(33-13,34-14)35-15)47(20)53(61-65(30-10,31-11)32-12)48(39-23-3)59-63(24-4,25-5)26-6/h1,23,36,40,42,44-45,48,50-55H,3,19-20,22,24-35,37-39,41H2,2,4-18H3/b40-36+,43-42+/t44-,45+,48-,50+,51+,52-,53-,54-,55+/m1/s1. The minimum absolute atomic E-state index is 0.0139. The van der Waals surface area contributed by atoms with Gasteiger partial charge in [-0.2, -0.15) is 0 Å². The van der Waals surface area contributed by atoms with Crippen LogP contribution in [0.1, 0.15) is 143 Å². The van der Waals surface area contributed by atoms with E-state index in [4.69, 9.17) is 46.8 Å². The Balaban J connectivity index is 3.98. The molecule has 1 saturated heterocycles. The fourth-order valence-electron chi connectivity index (χ4n) is 9.97. The summed E-state index contributed by atoms with van der Waals surface area (Å²) < 4.78 is 42.9. The van der Waals surface area contributed by atoms with Gasteiger partial charge in [0, 0.05) is 18.4 Å². The van der Waals surface area contributed by atoms with Crippen molar-refractivity contribution in [2.75, 3.05) is 0 Å². The Labute approximate surface area is 412 Å². The van der Waals surface area contributed by atoms with Crippen molar-refractivity contribution < 1.29 is 32.0 Å². The van der Waals surface area contributed by atoms with Gasteiger partial charge in [-0.3, -0.25) is 0 Å². The molecule has 1 heterocycles. The zero-order chi connectivity index (χ0) is 50.3. The monoisotopic (exact) mass is 987 g/mol. The van der Waals surface area contributed by atoms with Crippen LogP contribution in [0.15, 0.2) is 60.8 Å². The van der Waals surface area contributed by atoms with Crippen LogP contribution in [-0.4, -0.2) is 82.0 Å². The first kappa shape index (κ1) is 62.4. The summed E-state index contributed by atoms with van der Waals surface area (Å²) in [5.74, 6) is 2.76. The van der Waals surface area contributed by atoms with Gasteiger partial charge in [0.25, 0.3) is 0 Å². The molecule has 9 atom stereocenters. The van der Waals surface area contributed by atoms with Crippen LogP contribution in [0.25, 0.3) is 0 Å². The third kappa shape index (κ3) is 17.7. The van der Waals surface area contributed by atoms with Gasteiger partial charge in [-0.05, 0) is 121 Å². The van der Waals surface area contributed by atoms with Gasteiger partial charge in [-0.25, -0.2) is 4.79 Å². The molecule has 0 radical (unpaired) electrons. The van der Waals surface area contributed by atoms with E-state index in [1.54, 1.807) is 6.08 Å². The van der Waals surface area contributed by atoms with Crippen LogP contribution in [-0.2, 0) is 32.0 Å². The summed E-state index contributed by atoms with van der Waals surface area (Å²) in [6, 6.07) is 12.1. The highest BCUT2D eigenvalue weighted by molar-refractivity contribution is 6.75. The molecule has 1 aliphatic heterocycles. The first-order chi connectivity index (χ1) is 31.4. The molecule has 66 heavy (non-hydrogen) atoms. The Kier molecular flexibility index (Phi) is 29.2. The molecule has 0 N–H and O–H groups in total. The van der Waals surface area contributed by atoms with Gasteiger partial charge in [0.05, 0.1) is 30.5 Å². The Morgan fingerprint density at radius 3 is 1.55 bits per heavy atom. The van der Waals surface area contributed by atoms with E-state index < -0.39 is 57.7 Å². The molecule has 0 aromatic rings. The van der Waals surface area contributed by atoms with Gasteiger partial charge in [0.1, 0.15) is 12.2 Å². The molecule has 1 fully saturated rings. The molecule has 0 spiro atoms. The van der Waals surface area contributed by atoms with Crippen LogP contribution in [0.2, 0.25) is 72.5 Å². The lowest BCUT2D eigenvalue weighted by Crippen LogP contribution is -2.55. The number of rotatable bonds is 38. The van der Waals surface area contributed by atoms with Crippen molar-refractivity contribution in [2.45, 2.75) is 258 Å². The molecular weight excluding hydrogens is 885 g/mol. The lowest BCUT2D eigenvalue weighted by atomic mass is 9.92. The zero-order valence-electron chi connectivity index (χ0n) is 45.6. The number of hydrogen-bond acceptors (Lipinski definition) is 7. The summed E-state index contributed by atoms with van der Waals surface area (Å²) in [4.78, 5) is 13.5. The summed E-state index contributed by atoms with van der Waals surface area (Å²) >= 11 is 0. The summed E-state index contributed by atoms with van der Waals surface area (Å²) in [5.41, 5.74) is 2.66. The molecule has 11 heteroatoms. The average molecular weight is 988 g/mol. The molecule has 0 amide bonds. The first-order valence-electron chi connectivity index (χ1n) is 26.7. The van der Waals surface area contributed by atoms with Gasteiger partial charge in [-0.1, -0.05) is 142 Å². The van der Waals surface area contributed by atoms with Crippen molar-refractivity contribution >= 4 is 39.2 Å². The molecule has 1 aliphatic rings. The number of ether oxygens (including phenoxy) is 2. The molecule has 7 nitrogen and oxygen atoms in total. The van der Waals surface area contributed by atoms with Crippen LogP contribution >= 0.6 is 0 Å². The minimum Gasteiger partial charge on any atom is -0.456 e. The number of terminal acetylenes is 1. The quantitative estimate of drug-likeness (QED) is 0.0116. The molecule has 0 saturated carbocycles. The van der Waals surface area contributed by atoms with Crippen molar-refractivity contribution in [2.24, 2.45) is 11.8 Å². The average Bonchev–Trinajstić information content (AvgIpc) is 4.13. The van der Waals surface area contributed by atoms with E-state index in [-0.39, 0.29) is 30.2 Å². The van der Waals surface area contributed by atoms with Gasteiger partial charge < -0.3 is 27.2 Å². The highest BCUT2D eigenvalue weighted by Gasteiger charge is 2.51. The fraction of sp³-hybridized carbons (Fsp3) is 0.764. The molecule has 0 unspecified atom stereocenters. The SMILES string of the molecule is C#CC[C@@H](C)[C@H](OC(=O)/C=C(C)/C=C/CC(=C)[C@@H](O[Si](CC)(CC)CC)[C@H](O[Si](CC)(CC)CC)C(=C)[C@@H](O[Si](CC)(CC)CC)[C@@H](CC=C)O[Si](CC)(CC)CC)[C@@H]1O[C@H]1[C@@H](C)CCC. The second-order valence-corrected chi connectivity index (χ2v) is 38.5. The third-order valence-electron chi connectivity index (χ3n) is 16.0. The Morgan fingerprint density at radius 2 is 1.12 bits per heavy atom. The number of allylic oxidation sites excluding steroid dienone is 3. The molecule has 0 aromatic carbocycles. The minimum atomic E-state index is -2.28. The summed E-state index contributed by atoms with van der Waals surface area (Å²) in [6.07, 6.45) is 15.3. The zero-order valence-corrected chi connectivity index (χ0v) is 49.6. The molecule has 1 rings (SSSR count). The van der Waals surface area contributed by atoms with E-state index in [2.05, 4.69) is 116 Å². The largest absolute Gasteiger partial charge is 0.456 e. The van der Waals surface area contributed by atoms with E-state index in [1.165, 1.54) is 0 Å². The number of hydrogen-bond donors (Lipinski definition) is 0. The van der Waals surface area contributed by atoms with E-state index in [0.717, 1.165) is 102 Å².